The van der Waals surface area contributed by atoms with Gasteiger partial charge in [-0.1, -0.05) is 11.2 Å². The Labute approximate surface area is 346 Å². The number of carbonyl (C=O) groups is 2. The molecule has 0 saturated carbocycles. The highest BCUT2D eigenvalue weighted by atomic mass is 32.1. The minimum Gasteiger partial charge on any atom is -0.377 e. The Kier molecular flexibility index (Phi) is 13.7. The average Bonchev–Trinajstić information content (AvgIpc) is 3.95. The molecular formula is C39H44N12O8S. The summed E-state index contributed by atoms with van der Waals surface area (Å²) in [6.45, 7) is 4.29. The molecule has 314 valence electrons. The predicted octanol–water partition coefficient (Wildman–Crippen LogP) is 2.63. The molecule has 2 fully saturated rings. The number of azide groups is 1. The predicted molar refractivity (Wildman–Crippen MR) is 221 cm³/mol. The first-order chi connectivity index (χ1) is 29.2. The largest absolute Gasteiger partial charge is 0.422 e. The van der Waals surface area contributed by atoms with Gasteiger partial charge in [0.05, 0.1) is 53.9 Å². The van der Waals surface area contributed by atoms with Crippen molar-refractivity contribution in [1.82, 2.24) is 39.6 Å². The van der Waals surface area contributed by atoms with Gasteiger partial charge in [0.1, 0.15) is 11.9 Å². The van der Waals surface area contributed by atoms with Gasteiger partial charge in [-0.05, 0) is 61.0 Å². The van der Waals surface area contributed by atoms with E-state index in [1.54, 1.807) is 17.4 Å². The molecule has 21 heteroatoms. The third-order valence-electron chi connectivity index (χ3n) is 10.3. The Morgan fingerprint density at radius 1 is 1.07 bits per heavy atom. The maximum Gasteiger partial charge on any atom is 0.422 e. The number of fused-ring (bicyclic) bond motifs is 1. The van der Waals surface area contributed by atoms with Crippen LogP contribution in [0.25, 0.3) is 31.9 Å². The van der Waals surface area contributed by atoms with E-state index in [4.69, 9.17) is 15.0 Å². The fourth-order valence-electron chi connectivity index (χ4n) is 7.39. The quantitative estimate of drug-likeness (QED) is 0.0528. The Morgan fingerprint density at radius 3 is 2.63 bits per heavy atom. The molecule has 20 nitrogen and oxygen atoms in total. The van der Waals surface area contributed by atoms with Crippen molar-refractivity contribution in [3.05, 3.63) is 113 Å². The van der Waals surface area contributed by atoms with Crippen molar-refractivity contribution in [3.8, 4) is 10.6 Å². The molecule has 0 aliphatic carbocycles. The highest BCUT2D eigenvalue weighted by Gasteiger charge is 2.39. The zero-order valence-electron chi connectivity index (χ0n) is 32.8. The molecule has 2 unspecified atom stereocenters. The zero-order chi connectivity index (χ0) is 42.0. The topological polar surface area (TPSA) is 256 Å². The molecule has 0 radical (unpaired) electrons. The maximum absolute atomic E-state index is 13.6. The van der Waals surface area contributed by atoms with Crippen LogP contribution in [-0.4, -0.2) is 117 Å². The molecule has 2 aliphatic rings. The van der Waals surface area contributed by atoms with Crippen molar-refractivity contribution in [2.75, 3.05) is 64.5 Å². The second-order valence-electron chi connectivity index (χ2n) is 14.4. The monoisotopic (exact) mass is 840 g/mol. The number of nitrogens with one attached hydrogen (secondary N) is 3. The van der Waals surface area contributed by atoms with Crippen LogP contribution < -0.4 is 27.6 Å². The lowest BCUT2D eigenvalue weighted by molar-refractivity contribution is -0.125. The second-order valence-corrected chi connectivity index (χ2v) is 15.4. The van der Waals surface area contributed by atoms with E-state index in [-0.39, 0.29) is 54.1 Å². The highest BCUT2D eigenvalue weighted by molar-refractivity contribution is 7.13. The smallest absolute Gasteiger partial charge is 0.377 e. The van der Waals surface area contributed by atoms with E-state index in [9.17, 15) is 24.0 Å². The van der Waals surface area contributed by atoms with Crippen molar-refractivity contribution in [3.63, 3.8) is 0 Å². The number of nitrogens with zero attached hydrogens (tertiary/aromatic N) is 9. The molecule has 1 aromatic carbocycles. The van der Waals surface area contributed by atoms with Crippen molar-refractivity contribution in [2.24, 2.45) is 12.2 Å². The first kappa shape index (κ1) is 41.9. The Balaban J connectivity index is 0.784. The van der Waals surface area contributed by atoms with E-state index in [1.807, 2.05) is 29.9 Å². The van der Waals surface area contributed by atoms with Crippen molar-refractivity contribution in [2.45, 2.75) is 43.8 Å². The molecule has 6 heterocycles. The van der Waals surface area contributed by atoms with Crippen LogP contribution in [-0.2, 0) is 27.9 Å². The summed E-state index contributed by atoms with van der Waals surface area (Å²) in [7, 11) is 1.42. The van der Waals surface area contributed by atoms with Crippen molar-refractivity contribution in [1.29, 1.82) is 0 Å². The molecule has 4 aromatic heterocycles. The summed E-state index contributed by atoms with van der Waals surface area (Å²) in [6.07, 6.45) is 5.70. The lowest BCUT2D eigenvalue weighted by atomic mass is 9.96. The van der Waals surface area contributed by atoms with Crippen molar-refractivity contribution >= 4 is 40.0 Å². The lowest BCUT2D eigenvalue weighted by Crippen LogP contribution is -2.46. The summed E-state index contributed by atoms with van der Waals surface area (Å²) in [4.78, 5) is 87.4. The summed E-state index contributed by atoms with van der Waals surface area (Å²) in [5.74, 6) is -0.474. The van der Waals surface area contributed by atoms with Crippen LogP contribution in [0.15, 0.2) is 78.1 Å². The minimum atomic E-state index is -0.913. The number of benzene rings is 1. The molecule has 0 bridgehead atoms. The summed E-state index contributed by atoms with van der Waals surface area (Å²) in [6, 6.07) is 8.18. The number of hydrogen-bond acceptors (Lipinski definition) is 15. The van der Waals surface area contributed by atoms with Crippen molar-refractivity contribution < 1.29 is 23.5 Å². The van der Waals surface area contributed by atoms with Crippen LogP contribution in [0.4, 0.5) is 5.95 Å². The number of piperidine rings is 1. The lowest BCUT2D eigenvalue weighted by Gasteiger charge is -2.32. The van der Waals surface area contributed by atoms with Crippen LogP contribution in [0.2, 0.25) is 0 Å². The molecule has 5 aromatic rings. The number of aromatic nitrogens is 5. The second kappa shape index (κ2) is 19.7. The number of aryl methyl sites for hydroxylation is 1. The molecule has 2 aliphatic heterocycles. The van der Waals surface area contributed by atoms with Gasteiger partial charge in [-0.25, -0.2) is 19.6 Å². The number of rotatable bonds is 17. The van der Waals surface area contributed by atoms with Crippen LogP contribution in [0.3, 0.4) is 0 Å². The van der Waals surface area contributed by atoms with Crippen LogP contribution in [0.1, 0.15) is 46.9 Å². The number of hydrogen-bond donors (Lipinski definition) is 3. The highest BCUT2D eigenvalue weighted by Crippen LogP contribution is 2.28. The first-order valence-corrected chi connectivity index (χ1v) is 20.4. The van der Waals surface area contributed by atoms with Gasteiger partial charge in [-0.15, -0.1) is 11.3 Å². The average molecular weight is 841 g/mol. The van der Waals surface area contributed by atoms with Gasteiger partial charge < -0.3 is 34.4 Å². The van der Waals surface area contributed by atoms with E-state index < -0.39 is 35.3 Å². The fraction of sp³-hybridized carbons (Fsp3) is 0.436. The van der Waals surface area contributed by atoms with E-state index in [1.165, 1.54) is 30.1 Å². The summed E-state index contributed by atoms with van der Waals surface area (Å²) >= 11 is 1.58. The SMILES string of the molecule is Cn1c(=O)oc(=O)c2ccc(C(=O)N3CC(N=[N+]=[N-])C[C@H]3C(=O)NCCOCCOCCNc3ncc(CN4CCCC(c5nc(=O)cc(-c6cccs6)[nH]5)C4)cn3)cc21. The number of carbonyl (C=O) groups excluding carboxylic acids is 2. The van der Waals surface area contributed by atoms with E-state index >= 15 is 0 Å². The number of anilines is 1. The Hall–Kier alpha value is -6.25. The number of thiophene rings is 1. The molecular weight excluding hydrogens is 797 g/mol. The van der Waals surface area contributed by atoms with E-state index in [2.05, 4.69) is 49.9 Å². The number of amides is 2. The third kappa shape index (κ3) is 10.3. The van der Waals surface area contributed by atoms with Gasteiger partial charge in [0.15, 0.2) is 0 Å². The number of aromatic amines is 1. The molecule has 2 saturated heterocycles. The van der Waals surface area contributed by atoms with Gasteiger partial charge in [-0.2, -0.15) is 4.98 Å². The van der Waals surface area contributed by atoms with Gasteiger partial charge in [0.2, 0.25) is 11.9 Å². The normalized spacial score (nSPS) is 18.0. The number of H-pyrrole nitrogens is 1. The number of ether oxygens (including phenoxy) is 2. The Bertz CT molecular complexity index is 2520. The van der Waals surface area contributed by atoms with Crippen LogP contribution >= 0.6 is 11.3 Å². The maximum atomic E-state index is 13.6. The Morgan fingerprint density at radius 2 is 1.87 bits per heavy atom. The molecule has 60 heavy (non-hydrogen) atoms. The standard InChI is InChI=1S/C39H44N12O8S/c1-49-30-16-25(6-7-28(30)37(55)59-39(49)56)36(54)51-23-27(47-48-40)17-31(51)35(53)41-8-11-57-13-14-58-12-9-42-38-43-19-24(20-44-38)21-50-10-2-4-26(22-50)34-45-29(18-33(52)46-34)32-5-3-15-60-32/h3,5-7,15-16,18-20,26-27,31H,2,4,8-14,17,21-23H2,1H3,(H,41,53)(H,42,43,44)(H,45,46,52)/t26?,27?,31-/m0/s1. The van der Waals surface area contributed by atoms with E-state index in [0.29, 0.717) is 38.9 Å². The van der Waals surface area contributed by atoms with Crippen LogP contribution in [0.5, 0.6) is 0 Å². The minimum absolute atomic E-state index is 0.0191. The number of likely N-dealkylation sites (tertiary alicyclic amines) is 2. The summed E-state index contributed by atoms with van der Waals surface area (Å²) in [5, 5.41) is 11.8. The van der Waals surface area contributed by atoms with Gasteiger partial charge in [-0.3, -0.25) is 23.9 Å². The third-order valence-corrected chi connectivity index (χ3v) is 11.2. The van der Waals surface area contributed by atoms with Gasteiger partial charge in [0, 0.05) is 80.2 Å². The van der Waals surface area contributed by atoms with Gasteiger partial charge in [0.25, 0.3) is 11.5 Å². The molecule has 2 amide bonds. The first-order valence-electron chi connectivity index (χ1n) is 19.5. The zero-order valence-corrected chi connectivity index (χ0v) is 33.6. The molecule has 3 N–H and O–H groups in total. The van der Waals surface area contributed by atoms with E-state index in [0.717, 1.165) is 52.5 Å². The van der Waals surface area contributed by atoms with Gasteiger partial charge >= 0.3 is 11.4 Å². The summed E-state index contributed by atoms with van der Waals surface area (Å²) < 4.78 is 17.0. The molecule has 7 rings (SSSR count). The molecule has 0 spiro atoms. The molecule has 3 atom stereocenters. The van der Waals surface area contributed by atoms with Crippen LogP contribution in [0, 0.1) is 0 Å². The summed E-state index contributed by atoms with van der Waals surface area (Å²) in [5.41, 5.74) is 10.1. The fourth-order valence-corrected chi connectivity index (χ4v) is 8.09.